The molecule has 1 aliphatic heterocycles. The third-order valence-electron chi connectivity index (χ3n) is 3.17. The third-order valence-corrected chi connectivity index (χ3v) is 4.37. The van der Waals surface area contributed by atoms with E-state index in [1.807, 2.05) is 11.3 Å². The van der Waals surface area contributed by atoms with E-state index in [1.165, 1.54) is 26.0 Å². The maximum Gasteiger partial charge on any atom is 0.262 e. The van der Waals surface area contributed by atoms with Crippen molar-refractivity contribution in [2.24, 2.45) is 0 Å². The van der Waals surface area contributed by atoms with Gasteiger partial charge in [0.05, 0.1) is 0 Å². The van der Waals surface area contributed by atoms with E-state index in [0.29, 0.717) is 0 Å². The highest BCUT2D eigenvalue weighted by Gasteiger charge is 2.22. The first-order valence-electron chi connectivity index (χ1n) is 5.44. The Morgan fingerprint density at radius 1 is 1.06 bits per heavy atom. The van der Waals surface area contributed by atoms with E-state index >= 15 is 0 Å². The smallest absolute Gasteiger partial charge is 0.178 e. The Morgan fingerprint density at radius 3 is 3.00 bits per heavy atom. The van der Waals surface area contributed by atoms with Crippen molar-refractivity contribution in [3.05, 3.63) is 47.5 Å². The Labute approximate surface area is 97.3 Å². The Balaban J connectivity index is 2.26. The van der Waals surface area contributed by atoms with Gasteiger partial charge in [0.2, 0.25) is 5.52 Å². The predicted molar refractivity (Wildman–Crippen MR) is 68.6 cm³/mol. The van der Waals surface area contributed by atoms with Gasteiger partial charge in [0, 0.05) is 17.5 Å². The lowest BCUT2D eigenvalue weighted by Crippen LogP contribution is -2.30. The number of aromatic nitrogens is 1. The molecule has 2 aromatic carbocycles. The number of hydrogen-bond donors (Lipinski definition) is 0. The highest BCUT2D eigenvalue weighted by Crippen LogP contribution is 2.30. The Hall–Kier alpha value is -1.67. The van der Waals surface area contributed by atoms with Crippen molar-refractivity contribution in [2.45, 2.75) is 6.54 Å². The molecule has 0 unspecified atom stereocenters. The lowest BCUT2D eigenvalue weighted by molar-refractivity contribution is -0.653. The minimum Gasteiger partial charge on any atom is -0.178 e. The second-order valence-electron chi connectivity index (χ2n) is 4.09. The third kappa shape index (κ3) is 0.973. The summed E-state index contributed by atoms with van der Waals surface area (Å²) in [6, 6.07) is 13.1. The number of fused-ring (bicyclic) bond motifs is 5. The van der Waals surface area contributed by atoms with Crippen LogP contribution in [-0.2, 0) is 6.54 Å². The highest BCUT2D eigenvalue weighted by atomic mass is 32.1. The molecule has 1 aliphatic rings. The molecule has 0 bridgehead atoms. The molecule has 0 atom stereocenters. The molecule has 1 aromatic heterocycles. The van der Waals surface area contributed by atoms with Crippen LogP contribution in [0.5, 0.6) is 0 Å². The van der Waals surface area contributed by atoms with Crippen LogP contribution in [0.3, 0.4) is 0 Å². The lowest BCUT2D eigenvalue weighted by atomic mass is 10.1. The van der Waals surface area contributed by atoms with Gasteiger partial charge in [-0.1, -0.05) is 35.6 Å². The van der Waals surface area contributed by atoms with Gasteiger partial charge in [0.15, 0.2) is 6.54 Å². The molecule has 3 aromatic rings. The summed E-state index contributed by atoms with van der Waals surface area (Å²) >= 11 is 1.89. The molecule has 0 aliphatic carbocycles. The molecule has 4 rings (SSSR count). The van der Waals surface area contributed by atoms with Crippen molar-refractivity contribution < 1.29 is 4.57 Å². The minimum atomic E-state index is 1.02. The van der Waals surface area contributed by atoms with Crippen LogP contribution < -0.4 is 4.57 Å². The van der Waals surface area contributed by atoms with Gasteiger partial charge < -0.3 is 0 Å². The fraction of sp³-hybridized carbons (Fsp3) is 0.0714. The van der Waals surface area contributed by atoms with Crippen molar-refractivity contribution in [3.63, 3.8) is 0 Å². The van der Waals surface area contributed by atoms with Crippen molar-refractivity contribution >= 4 is 38.4 Å². The van der Waals surface area contributed by atoms with Gasteiger partial charge >= 0.3 is 0 Å². The fourth-order valence-electron chi connectivity index (χ4n) is 2.40. The van der Waals surface area contributed by atoms with Crippen LogP contribution in [0, 0.1) is 0 Å². The quantitative estimate of drug-likeness (QED) is 0.515. The minimum absolute atomic E-state index is 1.02. The molecule has 2 heteroatoms. The Bertz CT molecular complexity index is 737. The molecular weight excluding hydrogens is 214 g/mol. The van der Waals surface area contributed by atoms with Gasteiger partial charge in [-0.25, -0.2) is 0 Å². The van der Waals surface area contributed by atoms with E-state index in [4.69, 9.17) is 0 Å². The maximum absolute atomic E-state index is 2.38. The standard InChI is InChI=1S/C14H10NS/c1-2-5-11-10(4-1)7-8-12-14(11)16-13-6-3-9-15(12)13/h1-8H,9H2/q+1. The van der Waals surface area contributed by atoms with Crippen LogP contribution >= 0.6 is 11.3 Å². The number of nitrogens with zero attached hydrogens (tertiary/aromatic N) is 1. The van der Waals surface area contributed by atoms with Crippen LogP contribution in [0.15, 0.2) is 42.5 Å². The van der Waals surface area contributed by atoms with Gasteiger partial charge in [0.25, 0.3) is 5.01 Å². The molecule has 0 fully saturated rings. The molecule has 16 heavy (non-hydrogen) atoms. The Morgan fingerprint density at radius 2 is 2.00 bits per heavy atom. The number of benzene rings is 2. The summed E-state index contributed by atoms with van der Waals surface area (Å²) < 4.78 is 3.80. The van der Waals surface area contributed by atoms with Crippen LogP contribution in [-0.4, -0.2) is 0 Å². The zero-order valence-electron chi connectivity index (χ0n) is 8.68. The second-order valence-corrected chi connectivity index (χ2v) is 5.12. The lowest BCUT2D eigenvalue weighted by Gasteiger charge is -1.95. The number of rotatable bonds is 0. The highest BCUT2D eigenvalue weighted by molar-refractivity contribution is 7.19. The average Bonchev–Trinajstić information content (AvgIpc) is 2.88. The summed E-state index contributed by atoms with van der Waals surface area (Å²) in [5.74, 6) is 0. The number of hydrogen-bond acceptors (Lipinski definition) is 1. The molecule has 0 amide bonds. The van der Waals surface area contributed by atoms with Crippen LogP contribution in [0.2, 0.25) is 0 Å². The van der Waals surface area contributed by atoms with Crippen LogP contribution in [0.25, 0.3) is 27.1 Å². The molecular formula is C14H10NS+. The summed E-state index contributed by atoms with van der Waals surface area (Å²) in [6.07, 6.45) is 4.44. The summed E-state index contributed by atoms with van der Waals surface area (Å²) in [5.41, 5.74) is 1.36. The first-order valence-corrected chi connectivity index (χ1v) is 6.26. The summed E-state index contributed by atoms with van der Waals surface area (Å²) in [7, 11) is 0. The van der Waals surface area contributed by atoms with E-state index in [1.54, 1.807) is 0 Å². The predicted octanol–water partition coefficient (Wildman–Crippen LogP) is 3.37. The van der Waals surface area contributed by atoms with Crippen molar-refractivity contribution in [1.82, 2.24) is 0 Å². The van der Waals surface area contributed by atoms with Gasteiger partial charge in [-0.05, 0) is 17.5 Å². The van der Waals surface area contributed by atoms with Crippen LogP contribution in [0.1, 0.15) is 5.01 Å². The van der Waals surface area contributed by atoms with Crippen molar-refractivity contribution in [3.8, 4) is 0 Å². The average molecular weight is 224 g/mol. The largest absolute Gasteiger partial charge is 0.262 e. The topological polar surface area (TPSA) is 3.88 Å². The van der Waals surface area contributed by atoms with E-state index in [-0.39, 0.29) is 0 Å². The van der Waals surface area contributed by atoms with Gasteiger partial charge in [0.1, 0.15) is 4.70 Å². The number of allylic oxidation sites excluding steroid dienone is 1. The summed E-state index contributed by atoms with van der Waals surface area (Å²) in [6.45, 7) is 1.02. The van der Waals surface area contributed by atoms with Gasteiger partial charge in [-0.2, -0.15) is 4.57 Å². The first-order chi connectivity index (χ1) is 7.93. The molecule has 0 N–H and O–H groups in total. The normalized spacial score (nSPS) is 13.8. The molecule has 1 nitrogen and oxygen atoms in total. The summed E-state index contributed by atoms with van der Waals surface area (Å²) in [5, 5.41) is 4.08. The summed E-state index contributed by atoms with van der Waals surface area (Å²) in [4.78, 5) is 0. The van der Waals surface area contributed by atoms with Crippen molar-refractivity contribution in [1.29, 1.82) is 0 Å². The van der Waals surface area contributed by atoms with E-state index in [0.717, 1.165) is 6.54 Å². The SMILES string of the molecule is C1=Cc2sc3c4ccccc4ccc3[n+]2C1. The van der Waals surface area contributed by atoms with Gasteiger partial charge in [-0.15, -0.1) is 0 Å². The molecule has 0 saturated heterocycles. The zero-order valence-corrected chi connectivity index (χ0v) is 9.50. The second kappa shape index (κ2) is 2.92. The Kier molecular flexibility index (Phi) is 1.55. The molecule has 76 valence electrons. The first kappa shape index (κ1) is 8.48. The maximum atomic E-state index is 2.38. The van der Waals surface area contributed by atoms with Crippen molar-refractivity contribution in [2.75, 3.05) is 0 Å². The zero-order chi connectivity index (χ0) is 10.5. The fourth-order valence-corrected chi connectivity index (χ4v) is 3.64. The molecule has 0 radical (unpaired) electrons. The molecule has 0 saturated carbocycles. The monoisotopic (exact) mass is 224 g/mol. The van der Waals surface area contributed by atoms with E-state index in [2.05, 4.69) is 53.1 Å². The van der Waals surface area contributed by atoms with Crippen LogP contribution in [0.4, 0.5) is 0 Å². The van der Waals surface area contributed by atoms with Gasteiger partial charge in [-0.3, -0.25) is 0 Å². The molecule has 2 heterocycles. The van der Waals surface area contributed by atoms with E-state index in [9.17, 15) is 0 Å². The molecule has 0 spiro atoms. The van der Waals surface area contributed by atoms with E-state index < -0.39 is 0 Å². The number of thiazole rings is 1.